The molecule has 2 aromatic rings. The molecular formula is C5H3N4O. The Kier molecular flexibility index (Phi) is 1.00. The average Bonchev–Trinajstić information content (AvgIpc) is 2.59. The maximum atomic E-state index is 4.59. The van der Waals surface area contributed by atoms with Crippen LogP contribution in [0.4, 0.5) is 0 Å². The maximum Gasteiger partial charge on any atom is 0.145 e. The number of aromatic amines is 1. The number of hydrogen-bond acceptors (Lipinski definition) is 4. The molecule has 0 aliphatic carbocycles. The van der Waals surface area contributed by atoms with E-state index in [0.717, 1.165) is 0 Å². The zero-order valence-corrected chi connectivity index (χ0v) is 4.90. The summed E-state index contributed by atoms with van der Waals surface area (Å²) in [6.07, 6.45) is 4.08. The Morgan fingerprint density at radius 3 is 3.20 bits per heavy atom. The van der Waals surface area contributed by atoms with Gasteiger partial charge in [-0.2, -0.15) is 0 Å². The Hall–Kier alpha value is -1.65. The smallest absolute Gasteiger partial charge is 0.145 e. The van der Waals surface area contributed by atoms with Gasteiger partial charge in [0, 0.05) is 6.07 Å². The lowest BCUT2D eigenvalue weighted by molar-refractivity contribution is 0.422. The molecule has 0 fully saturated rings. The molecular weight excluding hydrogens is 132 g/mol. The maximum absolute atomic E-state index is 4.59. The van der Waals surface area contributed by atoms with Crippen LogP contribution in [-0.4, -0.2) is 20.6 Å². The highest BCUT2D eigenvalue weighted by molar-refractivity contribution is 5.49. The van der Waals surface area contributed by atoms with E-state index >= 15 is 0 Å². The lowest BCUT2D eigenvalue weighted by atomic mass is 10.3. The Labute approximate surface area is 56.0 Å². The molecule has 1 N–H and O–H groups in total. The summed E-state index contributed by atoms with van der Waals surface area (Å²) in [5.74, 6) is 0. The molecule has 1 radical (unpaired) electrons. The van der Waals surface area contributed by atoms with Crippen LogP contribution in [0.3, 0.4) is 0 Å². The molecule has 49 valence electrons. The van der Waals surface area contributed by atoms with Gasteiger partial charge in [0.15, 0.2) is 0 Å². The first-order valence-corrected chi connectivity index (χ1v) is 2.66. The second-order valence-corrected chi connectivity index (χ2v) is 1.68. The van der Waals surface area contributed by atoms with E-state index < -0.39 is 0 Å². The molecule has 0 atom stereocenters. The molecule has 0 unspecified atom stereocenters. The van der Waals surface area contributed by atoms with Crippen LogP contribution < -0.4 is 0 Å². The van der Waals surface area contributed by atoms with Crippen molar-refractivity contribution in [3.8, 4) is 11.4 Å². The third-order valence-electron chi connectivity index (χ3n) is 1.07. The summed E-state index contributed by atoms with van der Waals surface area (Å²) in [5, 5.41) is 13.2. The molecule has 2 rings (SSSR count). The van der Waals surface area contributed by atoms with E-state index in [1.54, 1.807) is 6.07 Å². The molecule has 0 spiro atoms. The van der Waals surface area contributed by atoms with Gasteiger partial charge in [-0.15, -0.1) is 5.10 Å². The summed E-state index contributed by atoms with van der Waals surface area (Å²) in [5.41, 5.74) is 1.29. The van der Waals surface area contributed by atoms with Crippen LogP contribution in [0.5, 0.6) is 0 Å². The van der Waals surface area contributed by atoms with Crippen molar-refractivity contribution in [3.05, 3.63) is 18.5 Å². The highest BCUT2D eigenvalue weighted by Gasteiger charge is 2.01. The van der Waals surface area contributed by atoms with Crippen LogP contribution >= 0.6 is 0 Å². The van der Waals surface area contributed by atoms with Crippen molar-refractivity contribution in [2.75, 3.05) is 0 Å². The highest BCUT2D eigenvalue weighted by atomic mass is 16.5. The van der Waals surface area contributed by atoms with Crippen molar-refractivity contribution in [1.29, 1.82) is 0 Å². The molecule has 2 heterocycles. The Bertz CT molecular complexity index is 253. The molecule has 0 aliphatic heterocycles. The van der Waals surface area contributed by atoms with E-state index in [-0.39, 0.29) is 0 Å². The molecule has 2 aromatic heterocycles. The van der Waals surface area contributed by atoms with Crippen LogP contribution in [0.1, 0.15) is 0 Å². The van der Waals surface area contributed by atoms with E-state index in [9.17, 15) is 0 Å². The summed E-state index contributed by atoms with van der Waals surface area (Å²) in [7, 11) is 0. The quantitative estimate of drug-likeness (QED) is 0.609. The van der Waals surface area contributed by atoms with Crippen molar-refractivity contribution in [2.24, 2.45) is 0 Å². The van der Waals surface area contributed by atoms with Gasteiger partial charge in [-0.1, -0.05) is 10.4 Å². The predicted molar refractivity (Wildman–Crippen MR) is 30.7 cm³/mol. The minimum atomic E-state index is 0.633. The van der Waals surface area contributed by atoms with Gasteiger partial charge < -0.3 is 4.52 Å². The predicted octanol–water partition coefficient (Wildman–Crippen LogP) is 0.260. The van der Waals surface area contributed by atoms with E-state index in [0.29, 0.717) is 11.4 Å². The van der Waals surface area contributed by atoms with Gasteiger partial charge in [0.05, 0.1) is 0 Å². The number of rotatable bonds is 1. The summed E-state index contributed by atoms with van der Waals surface area (Å²) in [6.45, 7) is 0. The zero-order chi connectivity index (χ0) is 6.81. The van der Waals surface area contributed by atoms with Gasteiger partial charge >= 0.3 is 0 Å². The first kappa shape index (κ1) is 5.16. The van der Waals surface area contributed by atoms with E-state index in [1.165, 1.54) is 6.26 Å². The normalized spacial score (nSPS) is 10.0. The first-order chi connectivity index (χ1) is 4.97. The van der Waals surface area contributed by atoms with Gasteiger partial charge in [-0.25, -0.2) is 0 Å². The summed E-state index contributed by atoms with van der Waals surface area (Å²) < 4.78 is 4.59. The van der Waals surface area contributed by atoms with Crippen molar-refractivity contribution in [2.45, 2.75) is 0 Å². The van der Waals surface area contributed by atoms with E-state index in [1.807, 2.05) is 0 Å². The molecule has 0 bridgehead atoms. The van der Waals surface area contributed by atoms with Crippen LogP contribution in [0.2, 0.25) is 0 Å². The lowest BCUT2D eigenvalue weighted by Crippen LogP contribution is -1.75. The molecule has 5 heteroatoms. The fraction of sp³-hybridized carbons (Fsp3) is 0. The van der Waals surface area contributed by atoms with Crippen molar-refractivity contribution in [3.63, 3.8) is 0 Å². The number of nitrogens with zero attached hydrogens (tertiary/aromatic N) is 3. The fourth-order valence-corrected chi connectivity index (χ4v) is 0.631. The zero-order valence-electron chi connectivity index (χ0n) is 4.90. The standard InChI is InChI=1S/C5H3N4O/c1-2-10-8-4(1)5-3-6-9-7-5/h1-2H,(H,6,7,9). The fourth-order valence-electron chi connectivity index (χ4n) is 0.631. The summed E-state index contributed by atoms with van der Waals surface area (Å²) >= 11 is 0. The number of H-pyrrole nitrogens is 1. The van der Waals surface area contributed by atoms with Gasteiger partial charge in [-0.3, -0.25) is 5.10 Å². The SMILES string of the molecule is [c]1nn[nH]c1-c1ccon1. The third kappa shape index (κ3) is 0.680. The second kappa shape index (κ2) is 1.94. The third-order valence-corrected chi connectivity index (χ3v) is 1.07. The number of aromatic nitrogens is 4. The lowest BCUT2D eigenvalue weighted by Gasteiger charge is -1.79. The minimum absolute atomic E-state index is 0.633. The Balaban J connectivity index is 2.48. The van der Waals surface area contributed by atoms with Crippen LogP contribution in [-0.2, 0) is 0 Å². The molecule has 5 nitrogen and oxygen atoms in total. The van der Waals surface area contributed by atoms with Crippen LogP contribution in [0.25, 0.3) is 11.4 Å². The molecule has 0 saturated carbocycles. The summed E-state index contributed by atoms with van der Waals surface area (Å²) in [6, 6.07) is 1.70. The van der Waals surface area contributed by atoms with Crippen molar-refractivity contribution in [1.82, 2.24) is 20.6 Å². The van der Waals surface area contributed by atoms with Gasteiger partial charge in [0.1, 0.15) is 23.8 Å². The molecule has 0 aromatic carbocycles. The van der Waals surface area contributed by atoms with Gasteiger partial charge in [0.25, 0.3) is 0 Å². The number of hydrogen-bond donors (Lipinski definition) is 1. The van der Waals surface area contributed by atoms with Gasteiger partial charge in [-0.05, 0) is 0 Å². The van der Waals surface area contributed by atoms with Crippen LogP contribution in [0, 0.1) is 6.20 Å². The molecule has 10 heavy (non-hydrogen) atoms. The second-order valence-electron chi connectivity index (χ2n) is 1.68. The Morgan fingerprint density at radius 2 is 2.60 bits per heavy atom. The van der Waals surface area contributed by atoms with Crippen LogP contribution in [0.15, 0.2) is 16.9 Å². The van der Waals surface area contributed by atoms with Crippen molar-refractivity contribution < 1.29 is 4.52 Å². The monoisotopic (exact) mass is 135 g/mol. The average molecular weight is 135 g/mol. The largest absolute Gasteiger partial charge is 0.364 e. The molecule has 0 aliphatic rings. The van der Waals surface area contributed by atoms with E-state index in [2.05, 4.69) is 31.3 Å². The van der Waals surface area contributed by atoms with E-state index in [4.69, 9.17) is 0 Å². The van der Waals surface area contributed by atoms with Gasteiger partial charge in [0.2, 0.25) is 0 Å². The minimum Gasteiger partial charge on any atom is -0.364 e. The topological polar surface area (TPSA) is 67.6 Å². The Morgan fingerprint density at radius 1 is 1.60 bits per heavy atom. The first-order valence-electron chi connectivity index (χ1n) is 2.66. The summed E-state index contributed by atoms with van der Waals surface area (Å²) in [4.78, 5) is 0. The molecule has 0 amide bonds. The molecule has 0 saturated heterocycles. The van der Waals surface area contributed by atoms with Crippen molar-refractivity contribution >= 4 is 0 Å². The number of nitrogens with one attached hydrogen (secondary N) is 1. The highest BCUT2D eigenvalue weighted by Crippen LogP contribution is 2.09.